The lowest BCUT2D eigenvalue weighted by molar-refractivity contribution is -0.384. The van der Waals surface area contributed by atoms with Crippen LogP contribution in [0.25, 0.3) is 6.08 Å². The third kappa shape index (κ3) is 4.93. The fraction of sp³-hybridized carbons (Fsp3) is 0.100. The van der Waals surface area contributed by atoms with E-state index in [1.54, 1.807) is 36.4 Å². The molecule has 0 unspecified atom stereocenters. The maximum atomic E-state index is 12.3. The third-order valence-electron chi connectivity index (χ3n) is 3.98. The number of rotatable bonds is 7. The Labute approximate surface area is 179 Å². The van der Waals surface area contributed by atoms with Gasteiger partial charge >= 0.3 is 0 Å². The van der Waals surface area contributed by atoms with Crippen molar-refractivity contribution in [3.63, 3.8) is 0 Å². The highest BCUT2D eigenvalue weighted by Crippen LogP contribution is 2.34. The number of hydrogen-bond acceptors (Lipinski definition) is 6. The van der Waals surface area contributed by atoms with Crippen LogP contribution in [0.1, 0.15) is 11.1 Å². The van der Waals surface area contributed by atoms with Crippen molar-refractivity contribution in [3.8, 4) is 5.75 Å². The minimum absolute atomic E-state index is 0.0248. The van der Waals surface area contributed by atoms with Crippen LogP contribution in [0, 0.1) is 10.1 Å². The molecule has 2 amide bonds. The highest BCUT2D eigenvalue weighted by Gasteiger charge is 2.34. The first-order chi connectivity index (χ1) is 13.9. The van der Waals surface area contributed by atoms with Crippen molar-refractivity contribution in [2.45, 2.75) is 6.61 Å². The molecule has 0 aromatic heterocycles. The van der Waals surface area contributed by atoms with Gasteiger partial charge in [0.25, 0.3) is 16.8 Å². The Hall–Kier alpha value is -2.91. The van der Waals surface area contributed by atoms with Crippen molar-refractivity contribution in [2.75, 3.05) is 6.54 Å². The average Bonchev–Trinajstić information content (AvgIpc) is 2.95. The summed E-state index contributed by atoms with van der Waals surface area (Å²) in [5, 5.41) is 10.4. The van der Waals surface area contributed by atoms with Crippen molar-refractivity contribution in [1.82, 2.24) is 4.90 Å². The van der Waals surface area contributed by atoms with Crippen LogP contribution in [-0.2, 0) is 11.4 Å². The molecule has 1 saturated heterocycles. The topological polar surface area (TPSA) is 89.8 Å². The van der Waals surface area contributed by atoms with E-state index in [1.165, 1.54) is 18.2 Å². The Morgan fingerprint density at radius 3 is 2.55 bits per heavy atom. The number of non-ortho nitro benzene ring substituents is 1. The number of nitro groups is 1. The average molecular weight is 475 g/mol. The zero-order chi connectivity index (χ0) is 21.0. The SMILES string of the molecule is C=CCN1C(=O)S/C(=C/c2ccc(OCc3ccc([N+](=O)[O-])cc3)c(Br)c2)C1=O. The number of benzene rings is 2. The lowest BCUT2D eigenvalue weighted by Gasteiger charge is -2.09. The first kappa shape index (κ1) is 20.8. The van der Waals surface area contributed by atoms with Gasteiger partial charge in [-0.2, -0.15) is 0 Å². The fourth-order valence-corrected chi connectivity index (χ4v) is 3.90. The van der Waals surface area contributed by atoms with Crippen LogP contribution in [0.5, 0.6) is 5.75 Å². The summed E-state index contributed by atoms with van der Waals surface area (Å²) in [7, 11) is 0. The minimum Gasteiger partial charge on any atom is -0.488 e. The van der Waals surface area contributed by atoms with Gasteiger partial charge in [-0.05, 0) is 69.2 Å². The van der Waals surface area contributed by atoms with Crippen molar-refractivity contribution < 1.29 is 19.2 Å². The van der Waals surface area contributed by atoms with Crippen LogP contribution in [-0.4, -0.2) is 27.5 Å². The molecule has 3 rings (SSSR count). The Kier molecular flexibility index (Phi) is 6.50. The summed E-state index contributed by atoms with van der Waals surface area (Å²) in [4.78, 5) is 35.9. The molecule has 29 heavy (non-hydrogen) atoms. The van der Waals surface area contributed by atoms with Crippen molar-refractivity contribution in [3.05, 3.63) is 85.7 Å². The molecule has 0 atom stereocenters. The Balaban J connectivity index is 1.69. The van der Waals surface area contributed by atoms with E-state index in [-0.39, 0.29) is 30.0 Å². The van der Waals surface area contributed by atoms with Gasteiger partial charge in [0, 0.05) is 18.7 Å². The largest absolute Gasteiger partial charge is 0.488 e. The third-order valence-corrected chi connectivity index (χ3v) is 5.51. The molecule has 148 valence electrons. The molecule has 1 aliphatic heterocycles. The molecule has 0 bridgehead atoms. The highest BCUT2D eigenvalue weighted by molar-refractivity contribution is 9.10. The molecule has 1 heterocycles. The lowest BCUT2D eigenvalue weighted by Crippen LogP contribution is -2.27. The van der Waals surface area contributed by atoms with E-state index in [0.29, 0.717) is 15.1 Å². The van der Waals surface area contributed by atoms with Gasteiger partial charge < -0.3 is 4.74 Å². The Morgan fingerprint density at radius 1 is 1.21 bits per heavy atom. The van der Waals surface area contributed by atoms with Crippen LogP contribution in [0.15, 0.2) is 64.5 Å². The summed E-state index contributed by atoms with van der Waals surface area (Å²) in [6, 6.07) is 11.4. The zero-order valence-corrected chi connectivity index (χ0v) is 17.4. The molecule has 0 aliphatic carbocycles. The van der Waals surface area contributed by atoms with E-state index in [4.69, 9.17) is 4.74 Å². The van der Waals surface area contributed by atoms with Gasteiger partial charge in [-0.3, -0.25) is 24.6 Å². The van der Waals surface area contributed by atoms with Gasteiger partial charge in [0.1, 0.15) is 12.4 Å². The molecule has 2 aromatic carbocycles. The van der Waals surface area contributed by atoms with Gasteiger partial charge in [0.05, 0.1) is 14.3 Å². The smallest absolute Gasteiger partial charge is 0.293 e. The van der Waals surface area contributed by atoms with E-state index in [1.807, 2.05) is 0 Å². The molecule has 2 aromatic rings. The normalized spacial score (nSPS) is 15.1. The number of nitro benzene ring substituents is 1. The first-order valence-electron chi connectivity index (χ1n) is 8.41. The second-order valence-corrected chi connectivity index (χ2v) is 7.83. The molecule has 0 saturated carbocycles. The number of hydrogen-bond donors (Lipinski definition) is 0. The van der Waals surface area contributed by atoms with E-state index in [0.717, 1.165) is 27.8 Å². The summed E-state index contributed by atoms with van der Waals surface area (Å²) in [6.45, 7) is 3.98. The number of carbonyl (C=O) groups excluding carboxylic acids is 2. The van der Waals surface area contributed by atoms with E-state index < -0.39 is 4.92 Å². The number of carbonyl (C=O) groups is 2. The lowest BCUT2D eigenvalue weighted by atomic mass is 10.2. The molecule has 0 radical (unpaired) electrons. The summed E-state index contributed by atoms with van der Waals surface area (Å²) in [5.41, 5.74) is 1.56. The fourth-order valence-electron chi connectivity index (χ4n) is 2.54. The molecule has 1 fully saturated rings. The van der Waals surface area contributed by atoms with Crippen molar-refractivity contribution in [2.24, 2.45) is 0 Å². The predicted molar refractivity (Wildman–Crippen MR) is 114 cm³/mol. The second-order valence-electron chi connectivity index (χ2n) is 5.98. The molecule has 0 N–H and O–H groups in total. The molecule has 0 spiro atoms. The molecule has 7 nitrogen and oxygen atoms in total. The number of nitrogens with zero attached hydrogens (tertiary/aromatic N) is 2. The first-order valence-corrected chi connectivity index (χ1v) is 10.0. The Morgan fingerprint density at radius 2 is 1.93 bits per heavy atom. The number of amides is 2. The maximum absolute atomic E-state index is 12.3. The van der Waals surface area contributed by atoms with E-state index >= 15 is 0 Å². The van der Waals surface area contributed by atoms with Crippen molar-refractivity contribution in [1.29, 1.82) is 0 Å². The number of thioether (sulfide) groups is 1. The molecule has 1 aliphatic rings. The van der Waals surface area contributed by atoms with Gasteiger partial charge in [-0.25, -0.2) is 0 Å². The van der Waals surface area contributed by atoms with Crippen molar-refractivity contribution >= 4 is 50.6 Å². The zero-order valence-electron chi connectivity index (χ0n) is 15.0. The van der Waals surface area contributed by atoms with E-state index in [9.17, 15) is 19.7 Å². The summed E-state index contributed by atoms with van der Waals surface area (Å²) in [6.07, 6.45) is 3.16. The summed E-state index contributed by atoms with van der Waals surface area (Å²) >= 11 is 4.33. The quantitative estimate of drug-likeness (QED) is 0.238. The highest BCUT2D eigenvalue weighted by atomic mass is 79.9. The monoisotopic (exact) mass is 474 g/mol. The van der Waals surface area contributed by atoms with Gasteiger partial charge in [-0.1, -0.05) is 12.1 Å². The van der Waals surface area contributed by atoms with Crippen LogP contribution in [0.4, 0.5) is 10.5 Å². The number of ether oxygens (including phenoxy) is 1. The minimum atomic E-state index is -0.452. The number of imide groups is 1. The van der Waals surface area contributed by atoms with Crippen LogP contribution < -0.4 is 4.74 Å². The van der Waals surface area contributed by atoms with Gasteiger partial charge in [0.2, 0.25) is 0 Å². The molecular formula is C20H15BrN2O5S. The predicted octanol–water partition coefficient (Wildman–Crippen LogP) is 5.16. The Bertz CT molecular complexity index is 1020. The second kappa shape index (κ2) is 9.06. The van der Waals surface area contributed by atoms with Crippen LogP contribution in [0.3, 0.4) is 0 Å². The summed E-state index contributed by atoms with van der Waals surface area (Å²) in [5.74, 6) is 0.245. The van der Waals surface area contributed by atoms with Gasteiger partial charge in [-0.15, -0.1) is 6.58 Å². The van der Waals surface area contributed by atoms with Crippen LogP contribution >= 0.6 is 27.7 Å². The molecular weight excluding hydrogens is 460 g/mol. The number of halogens is 1. The maximum Gasteiger partial charge on any atom is 0.293 e. The molecule has 9 heteroatoms. The summed E-state index contributed by atoms with van der Waals surface area (Å²) < 4.78 is 6.43. The van der Waals surface area contributed by atoms with Crippen LogP contribution in [0.2, 0.25) is 0 Å². The van der Waals surface area contributed by atoms with E-state index in [2.05, 4.69) is 22.5 Å². The van der Waals surface area contributed by atoms with Gasteiger partial charge in [0.15, 0.2) is 0 Å². The standard InChI is InChI=1S/C20H15BrN2O5S/c1-2-9-22-19(24)18(29-20(22)25)11-14-5-8-17(16(21)10-14)28-12-13-3-6-15(7-4-13)23(26)27/h2-8,10-11H,1,9,12H2/b18-11+.